The molecule has 3 aliphatic heterocycles. The van der Waals surface area contributed by atoms with Crippen molar-refractivity contribution in [1.29, 1.82) is 0 Å². The molecule has 0 saturated carbocycles. The number of carbonyl (C=O) groups excluding carboxylic acids is 3. The number of hydrogen-bond acceptors (Lipinski definition) is 4. The normalized spacial score (nSPS) is 28.0. The van der Waals surface area contributed by atoms with Crippen LogP contribution in [0.1, 0.15) is 43.8 Å². The van der Waals surface area contributed by atoms with E-state index in [-0.39, 0.29) is 35.3 Å². The zero-order valence-electron chi connectivity index (χ0n) is 16.5. The van der Waals surface area contributed by atoms with Gasteiger partial charge in [-0.3, -0.25) is 14.4 Å². The van der Waals surface area contributed by atoms with Crippen molar-refractivity contribution in [2.45, 2.75) is 44.2 Å². The molecule has 2 fully saturated rings. The standard InChI is InChI=1S/C20H27N5O4/c1-12(26)22-9-17-14-8-13(15-4-2-6-18(27)25(15)17)10-23(11-14)19(28)16-5-3-7-24(16)20(21)29/h2,4,6,13-14,16-17H,3,5,7-11H2,1H3,(H2,21,29)(H,22,26)/t13-,14+,16+,17+/m1/s1. The first kappa shape index (κ1) is 19.5. The zero-order valence-corrected chi connectivity index (χ0v) is 16.5. The number of aromatic nitrogens is 1. The summed E-state index contributed by atoms with van der Waals surface area (Å²) in [5.74, 6) is -0.102. The maximum Gasteiger partial charge on any atom is 0.315 e. The van der Waals surface area contributed by atoms with Gasteiger partial charge in [0.2, 0.25) is 11.8 Å². The molecule has 9 nitrogen and oxygen atoms in total. The van der Waals surface area contributed by atoms with E-state index in [0.29, 0.717) is 32.6 Å². The van der Waals surface area contributed by atoms with Crippen molar-refractivity contribution >= 4 is 17.8 Å². The van der Waals surface area contributed by atoms with Gasteiger partial charge in [0.1, 0.15) is 6.04 Å². The quantitative estimate of drug-likeness (QED) is 0.742. The van der Waals surface area contributed by atoms with Crippen molar-refractivity contribution in [2.75, 3.05) is 26.2 Å². The van der Waals surface area contributed by atoms with Crippen molar-refractivity contribution in [1.82, 2.24) is 19.7 Å². The summed E-state index contributed by atoms with van der Waals surface area (Å²) in [4.78, 5) is 52.3. The molecule has 1 aromatic heterocycles. The fraction of sp³-hybridized carbons (Fsp3) is 0.600. The summed E-state index contributed by atoms with van der Waals surface area (Å²) >= 11 is 0. The lowest BCUT2D eigenvalue weighted by atomic mass is 9.78. The van der Waals surface area contributed by atoms with Gasteiger partial charge in [-0.2, -0.15) is 0 Å². The summed E-state index contributed by atoms with van der Waals surface area (Å²) in [6, 6.07) is 3.96. The third-order valence-corrected chi connectivity index (χ3v) is 6.49. The molecule has 2 bridgehead atoms. The van der Waals surface area contributed by atoms with Gasteiger partial charge in [0, 0.05) is 50.8 Å². The van der Waals surface area contributed by atoms with Crippen LogP contribution < -0.4 is 16.6 Å². The van der Waals surface area contributed by atoms with Crippen LogP contribution in [0, 0.1) is 5.92 Å². The van der Waals surface area contributed by atoms with Crippen molar-refractivity contribution < 1.29 is 14.4 Å². The number of carbonyl (C=O) groups is 3. The van der Waals surface area contributed by atoms with Crippen LogP contribution in [0.2, 0.25) is 0 Å². The molecule has 4 heterocycles. The molecule has 0 spiro atoms. The van der Waals surface area contributed by atoms with Crippen LogP contribution in [0.15, 0.2) is 23.0 Å². The van der Waals surface area contributed by atoms with E-state index < -0.39 is 12.1 Å². The number of nitrogens with one attached hydrogen (secondary N) is 1. The molecule has 0 aliphatic carbocycles. The Morgan fingerprint density at radius 1 is 1.24 bits per heavy atom. The van der Waals surface area contributed by atoms with E-state index in [4.69, 9.17) is 5.73 Å². The SMILES string of the molecule is CC(=O)NC[C@H]1[C@H]2C[C@H](CN(C(=O)[C@@H]3CCCN3C(N)=O)C2)c2cccc(=O)n21. The third-order valence-electron chi connectivity index (χ3n) is 6.49. The maximum atomic E-state index is 13.2. The van der Waals surface area contributed by atoms with E-state index >= 15 is 0 Å². The highest BCUT2D eigenvalue weighted by Gasteiger charge is 2.44. The van der Waals surface area contributed by atoms with E-state index in [9.17, 15) is 19.2 Å². The highest BCUT2D eigenvalue weighted by Crippen LogP contribution is 2.41. The van der Waals surface area contributed by atoms with E-state index in [2.05, 4.69) is 5.32 Å². The maximum absolute atomic E-state index is 13.2. The minimum atomic E-state index is -0.557. The van der Waals surface area contributed by atoms with Crippen molar-refractivity contribution in [3.63, 3.8) is 0 Å². The number of hydrogen-bond donors (Lipinski definition) is 2. The Labute approximate surface area is 168 Å². The topological polar surface area (TPSA) is 118 Å². The molecule has 29 heavy (non-hydrogen) atoms. The molecule has 0 unspecified atom stereocenters. The summed E-state index contributed by atoms with van der Waals surface area (Å²) in [7, 11) is 0. The molecule has 4 rings (SSSR count). The summed E-state index contributed by atoms with van der Waals surface area (Å²) in [6.45, 7) is 3.34. The highest BCUT2D eigenvalue weighted by atomic mass is 16.2. The van der Waals surface area contributed by atoms with Crippen LogP contribution in [0.25, 0.3) is 0 Å². The zero-order chi connectivity index (χ0) is 20.7. The average Bonchev–Trinajstić information content (AvgIpc) is 3.17. The van der Waals surface area contributed by atoms with Crippen LogP contribution in [-0.2, 0) is 9.59 Å². The summed E-state index contributed by atoms with van der Waals surface area (Å²) in [6.07, 6.45) is 2.25. The number of fused-ring (bicyclic) bond motifs is 4. The fourth-order valence-electron chi connectivity index (χ4n) is 5.23. The van der Waals surface area contributed by atoms with Gasteiger partial charge in [-0.25, -0.2) is 4.79 Å². The molecular weight excluding hydrogens is 374 g/mol. The van der Waals surface area contributed by atoms with Gasteiger partial charge >= 0.3 is 6.03 Å². The molecule has 2 saturated heterocycles. The molecule has 9 heteroatoms. The van der Waals surface area contributed by atoms with E-state index in [1.54, 1.807) is 10.6 Å². The van der Waals surface area contributed by atoms with Gasteiger partial charge in [-0.1, -0.05) is 6.07 Å². The first-order chi connectivity index (χ1) is 13.9. The Balaban J connectivity index is 1.62. The third kappa shape index (κ3) is 3.49. The van der Waals surface area contributed by atoms with E-state index in [1.807, 2.05) is 11.0 Å². The largest absolute Gasteiger partial charge is 0.354 e. The van der Waals surface area contributed by atoms with Crippen molar-refractivity contribution in [2.24, 2.45) is 11.7 Å². The minimum Gasteiger partial charge on any atom is -0.354 e. The first-order valence-corrected chi connectivity index (χ1v) is 10.2. The monoisotopic (exact) mass is 401 g/mol. The smallest absolute Gasteiger partial charge is 0.315 e. The molecule has 4 atom stereocenters. The van der Waals surface area contributed by atoms with Crippen LogP contribution >= 0.6 is 0 Å². The number of urea groups is 1. The number of pyridine rings is 1. The van der Waals surface area contributed by atoms with Gasteiger partial charge in [-0.15, -0.1) is 0 Å². The minimum absolute atomic E-state index is 0.0561. The number of amides is 4. The second kappa shape index (κ2) is 7.53. The number of nitrogens with two attached hydrogens (primary N) is 1. The summed E-state index contributed by atoms with van der Waals surface area (Å²) in [5, 5.41) is 2.84. The van der Waals surface area contributed by atoms with Gasteiger partial charge in [0.15, 0.2) is 0 Å². The first-order valence-electron chi connectivity index (χ1n) is 10.2. The molecule has 0 radical (unpaired) electrons. The molecule has 3 N–H and O–H groups in total. The van der Waals surface area contributed by atoms with Gasteiger partial charge < -0.3 is 25.4 Å². The second-order valence-electron chi connectivity index (χ2n) is 8.29. The molecule has 156 valence electrons. The Morgan fingerprint density at radius 2 is 2.03 bits per heavy atom. The van der Waals surface area contributed by atoms with E-state index in [1.165, 1.54) is 17.9 Å². The molecule has 4 amide bonds. The number of primary amides is 1. The lowest BCUT2D eigenvalue weighted by Gasteiger charge is -2.47. The Bertz CT molecular complexity index is 897. The Hall–Kier alpha value is -2.84. The predicted molar refractivity (Wildman–Crippen MR) is 105 cm³/mol. The Morgan fingerprint density at radius 3 is 2.76 bits per heavy atom. The van der Waals surface area contributed by atoms with Crippen LogP contribution in [0.4, 0.5) is 4.79 Å². The van der Waals surface area contributed by atoms with Gasteiger partial charge in [0.05, 0.1) is 6.04 Å². The van der Waals surface area contributed by atoms with Gasteiger partial charge in [0.25, 0.3) is 5.56 Å². The van der Waals surface area contributed by atoms with Crippen LogP contribution in [0.5, 0.6) is 0 Å². The Kier molecular flexibility index (Phi) is 5.06. The van der Waals surface area contributed by atoms with Crippen molar-refractivity contribution in [3.8, 4) is 0 Å². The molecule has 3 aliphatic rings. The van der Waals surface area contributed by atoms with Crippen LogP contribution in [-0.4, -0.2) is 64.4 Å². The van der Waals surface area contributed by atoms with Crippen molar-refractivity contribution in [3.05, 3.63) is 34.2 Å². The average molecular weight is 401 g/mol. The molecule has 0 aromatic carbocycles. The summed E-state index contributed by atoms with van der Waals surface area (Å²) < 4.78 is 1.79. The molecule has 1 aromatic rings. The second-order valence-corrected chi connectivity index (χ2v) is 8.29. The highest BCUT2D eigenvalue weighted by molar-refractivity contribution is 5.87. The number of nitrogens with zero attached hydrogens (tertiary/aromatic N) is 3. The number of likely N-dealkylation sites (tertiary alicyclic amines) is 2. The lowest BCUT2D eigenvalue weighted by molar-refractivity contribution is -0.138. The predicted octanol–water partition coefficient (Wildman–Crippen LogP) is 0.0143. The number of piperidine rings is 1. The number of rotatable bonds is 3. The fourth-order valence-corrected chi connectivity index (χ4v) is 5.23. The molecular formula is C20H27N5O4. The van der Waals surface area contributed by atoms with Crippen LogP contribution in [0.3, 0.4) is 0 Å². The van der Waals surface area contributed by atoms with Gasteiger partial charge in [-0.05, 0) is 31.2 Å². The van der Waals surface area contributed by atoms with E-state index in [0.717, 1.165) is 18.5 Å². The summed E-state index contributed by atoms with van der Waals surface area (Å²) in [5.41, 5.74) is 6.28. The lowest BCUT2D eigenvalue weighted by Crippen LogP contribution is -2.56.